The Morgan fingerprint density at radius 2 is 2.14 bits per heavy atom. The van der Waals surface area contributed by atoms with Gasteiger partial charge in [-0.2, -0.15) is 5.26 Å². The third-order valence-corrected chi connectivity index (χ3v) is 1.97. The molecular formula is C9H11FN4. The molecule has 1 aromatic rings. The van der Waals surface area contributed by atoms with E-state index in [1.54, 1.807) is 6.07 Å². The number of nitriles is 1. The van der Waals surface area contributed by atoms with Crippen LogP contribution in [0.1, 0.15) is 17.2 Å². The number of hydrogen-bond donors (Lipinski definition) is 3. The SMILES string of the molecule is N#Cc1c(N)ccc(C(N)CN)c1F. The van der Waals surface area contributed by atoms with Crippen molar-refractivity contribution < 1.29 is 4.39 Å². The first-order valence-corrected chi connectivity index (χ1v) is 4.05. The van der Waals surface area contributed by atoms with Crippen molar-refractivity contribution in [3.05, 3.63) is 29.1 Å². The molecule has 4 nitrogen and oxygen atoms in total. The van der Waals surface area contributed by atoms with Gasteiger partial charge < -0.3 is 17.2 Å². The number of nitrogen functional groups attached to an aromatic ring is 1. The van der Waals surface area contributed by atoms with E-state index in [1.165, 1.54) is 12.1 Å². The minimum absolute atomic E-state index is 0.109. The van der Waals surface area contributed by atoms with Crippen molar-refractivity contribution in [1.82, 2.24) is 0 Å². The molecule has 0 amide bonds. The van der Waals surface area contributed by atoms with Gasteiger partial charge in [0, 0.05) is 18.2 Å². The number of halogens is 1. The highest BCUT2D eigenvalue weighted by molar-refractivity contribution is 5.56. The van der Waals surface area contributed by atoms with E-state index in [0.717, 1.165) is 0 Å². The maximum Gasteiger partial charge on any atom is 0.147 e. The first kappa shape index (κ1) is 10.4. The van der Waals surface area contributed by atoms with E-state index in [-0.39, 0.29) is 23.4 Å². The minimum atomic E-state index is -0.676. The Hall–Kier alpha value is -1.64. The smallest absolute Gasteiger partial charge is 0.147 e. The maximum absolute atomic E-state index is 13.5. The topological polar surface area (TPSA) is 102 Å². The van der Waals surface area contributed by atoms with E-state index in [4.69, 9.17) is 22.5 Å². The lowest BCUT2D eigenvalue weighted by Gasteiger charge is -2.11. The molecule has 0 fully saturated rings. The Morgan fingerprint density at radius 1 is 1.50 bits per heavy atom. The molecule has 1 unspecified atom stereocenters. The molecule has 0 saturated heterocycles. The summed E-state index contributed by atoms with van der Waals surface area (Å²) < 4.78 is 13.5. The van der Waals surface area contributed by atoms with Crippen LogP contribution in [0.4, 0.5) is 10.1 Å². The highest BCUT2D eigenvalue weighted by Gasteiger charge is 2.15. The zero-order valence-electron chi connectivity index (χ0n) is 7.50. The largest absolute Gasteiger partial charge is 0.398 e. The molecule has 0 saturated carbocycles. The second kappa shape index (κ2) is 4.05. The summed E-state index contributed by atoms with van der Waals surface area (Å²) in [5.41, 5.74) is 16.4. The number of rotatable bonds is 2. The molecule has 1 atom stereocenters. The normalized spacial score (nSPS) is 12.1. The van der Waals surface area contributed by atoms with Crippen LogP contribution >= 0.6 is 0 Å². The average molecular weight is 194 g/mol. The molecule has 14 heavy (non-hydrogen) atoms. The third-order valence-electron chi connectivity index (χ3n) is 1.97. The summed E-state index contributed by atoms with van der Waals surface area (Å²) >= 11 is 0. The number of hydrogen-bond acceptors (Lipinski definition) is 4. The monoisotopic (exact) mass is 194 g/mol. The first-order chi connectivity index (χ1) is 6.61. The van der Waals surface area contributed by atoms with Crippen LogP contribution in [0.15, 0.2) is 12.1 Å². The summed E-state index contributed by atoms with van der Waals surface area (Å²) in [6.07, 6.45) is 0. The molecule has 0 heterocycles. The van der Waals surface area contributed by atoms with Crippen molar-refractivity contribution in [3.63, 3.8) is 0 Å². The summed E-state index contributed by atoms with van der Waals surface area (Å²) in [4.78, 5) is 0. The minimum Gasteiger partial charge on any atom is -0.398 e. The fourth-order valence-corrected chi connectivity index (χ4v) is 1.13. The van der Waals surface area contributed by atoms with Crippen LogP contribution in [0.2, 0.25) is 0 Å². The van der Waals surface area contributed by atoms with Crippen LogP contribution in [0, 0.1) is 17.1 Å². The van der Waals surface area contributed by atoms with Gasteiger partial charge in [-0.1, -0.05) is 6.07 Å². The van der Waals surface area contributed by atoms with E-state index < -0.39 is 11.9 Å². The van der Waals surface area contributed by atoms with Gasteiger partial charge in [0.25, 0.3) is 0 Å². The summed E-state index contributed by atoms with van der Waals surface area (Å²) in [6, 6.07) is 3.98. The average Bonchev–Trinajstić information content (AvgIpc) is 2.18. The van der Waals surface area contributed by atoms with E-state index in [0.29, 0.717) is 0 Å². The molecule has 0 aliphatic carbocycles. The van der Waals surface area contributed by atoms with Crippen molar-refractivity contribution >= 4 is 5.69 Å². The molecule has 0 aliphatic rings. The zero-order valence-corrected chi connectivity index (χ0v) is 7.50. The highest BCUT2D eigenvalue weighted by Crippen LogP contribution is 2.22. The molecule has 1 rings (SSSR count). The number of nitrogens with zero attached hydrogens (tertiary/aromatic N) is 1. The van der Waals surface area contributed by atoms with Gasteiger partial charge in [-0.25, -0.2) is 4.39 Å². The number of nitrogens with two attached hydrogens (primary N) is 3. The van der Waals surface area contributed by atoms with Gasteiger partial charge >= 0.3 is 0 Å². The van der Waals surface area contributed by atoms with Crippen LogP contribution in [-0.4, -0.2) is 6.54 Å². The molecule has 0 spiro atoms. The van der Waals surface area contributed by atoms with Crippen molar-refractivity contribution in [2.24, 2.45) is 11.5 Å². The summed E-state index contributed by atoms with van der Waals surface area (Å²) in [6.45, 7) is 0.117. The second-order valence-corrected chi connectivity index (χ2v) is 2.89. The van der Waals surface area contributed by atoms with Crippen LogP contribution in [0.5, 0.6) is 0 Å². The van der Waals surface area contributed by atoms with E-state index >= 15 is 0 Å². The lowest BCUT2D eigenvalue weighted by Crippen LogP contribution is -2.22. The Morgan fingerprint density at radius 3 is 2.64 bits per heavy atom. The summed E-state index contributed by atoms with van der Waals surface area (Å²) in [7, 11) is 0. The Bertz CT molecular complexity index is 383. The van der Waals surface area contributed by atoms with Crippen molar-refractivity contribution in [1.29, 1.82) is 5.26 Å². The standard InChI is InChI=1S/C9H11FN4/c10-9-5(8(14)4-12)1-2-7(13)6(9)3-11/h1-2,8H,4,12-14H2. The van der Waals surface area contributed by atoms with Crippen LogP contribution in [0.25, 0.3) is 0 Å². The summed E-state index contributed by atoms with van der Waals surface area (Å²) in [5.74, 6) is -0.676. The number of anilines is 1. The van der Waals surface area contributed by atoms with Gasteiger partial charge in [0.15, 0.2) is 0 Å². The molecule has 0 aromatic heterocycles. The maximum atomic E-state index is 13.5. The molecule has 0 bridgehead atoms. The molecule has 74 valence electrons. The fraction of sp³-hybridized carbons (Fsp3) is 0.222. The molecule has 5 heteroatoms. The van der Waals surface area contributed by atoms with E-state index in [1.807, 2.05) is 0 Å². The predicted octanol–water partition coefficient (Wildman–Crippen LogP) is 0.238. The molecule has 6 N–H and O–H groups in total. The van der Waals surface area contributed by atoms with E-state index in [9.17, 15) is 4.39 Å². The molecule has 0 radical (unpaired) electrons. The van der Waals surface area contributed by atoms with E-state index in [2.05, 4.69) is 0 Å². The van der Waals surface area contributed by atoms with Gasteiger partial charge in [-0.05, 0) is 6.07 Å². The van der Waals surface area contributed by atoms with Crippen LogP contribution in [-0.2, 0) is 0 Å². The zero-order chi connectivity index (χ0) is 10.7. The van der Waals surface area contributed by atoms with Gasteiger partial charge in [-0.3, -0.25) is 0 Å². The first-order valence-electron chi connectivity index (χ1n) is 4.05. The fourth-order valence-electron chi connectivity index (χ4n) is 1.13. The number of benzene rings is 1. The Labute approximate surface area is 81.1 Å². The van der Waals surface area contributed by atoms with Crippen molar-refractivity contribution in [2.45, 2.75) is 6.04 Å². The lowest BCUT2D eigenvalue weighted by atomic mass is 10.0. The lowest BCUT2D eigenvalue weighted by molar-refractivity contribution is 0.581. The second-order valence-electron chi connectivity index (χ2n) is 2.89. The Balaban J connectivity index is 3.30. The molecule has 1 aromatic carbocycles. The van der Waals surface area contributed by atoms with Crippen molar-refractivity contribution in [2.75, 3.05) is 12.3 Å². The quantitative estimate of drug-likeness (QED) is 0.587. The predicted molar refractivity (Wildman–Crippen MR) is 51.5 cm³/mol. The van der Waals surface area contributed by atoms with Crippen LogP contribution < -0.4 is 17.2 Å². The molecule has 0 aliphatic heterocycles. The van der Waals surface area contributed by atoms with Crippen molar-refractivity contribution in [3.8, 4) is 6.07 Å². The van der Waals surface area contributed by atoms with Gasteiger partial charge in [-0.15, -0.1) is 0 Å². The molecular weight excluding hydrogens is 183 g/mol. The van der Waals surface area contributed by atoms with Gasteiger partial charge in [0.2, 0.25) is 0 Å². The summed E-state index contributed by atoms with van der Waals surface area (Å²) in [5, 5.41) is 8.64. The highest BCUT2D eigenvalue weighted by atomic mass is 19.1. The Kier molecular flexibility index (Phi) is 3.02. The third kappa shape index (κ3) is 1.66. The van der Waals surface area contributed by atoms with Gasteiger partial charge in [0.05, 0.1) is 5.69 Å². The van der Waals surface area contributed by atoms with Crippen LogP contribution in [0.3, 0.4) is 0 Å². The van der Waals surface area contributed by atoms with Gasteiger partial charge in [0.1, 0.15) is 17.4 Å².